The molecule has 0 saturated heterocycles. The molecule has 1 N–H and O–H groups in total. The van der Waals surface area contributed by atoms with Gasteiger partial charge in [0.15, 0.2) is 6.61 Å². The third-order valence-corrected chi connectivity index (χ3v) is 3.82. The number of amides is 1. The van der Waals surface area contributed by atoms with Gasteiger partial charge in [-0.25, -0.2) is 4.39 Å². The zero-order valence-electron chi connectivity index (χ0n) is 11.5. The number of hydrogen-bond donors (Lipinski definition) is 1. The minimum absolute atomic E-state index is 0.0837. The summed E-state index contributed by atoms with van der Waals surface area (Å²) in [5, 5.41) is 2.97. The number of esters is 1. The van der Waals surface area contributed by atoms with Crippen molar-refractivity contribution < 1.29 is 18.7 Å². The summed E-state index contributed by atoms with van der Waals surface area (Å²) in [6.45, 7) is -0.346. The van der Waals surface area contributed by atoms with E-state index in [9.17, 15) is 14.0 Å². The second-order valence-corrected chi connectivity index (χ2v) is 5.49. The van der Waals surface area contributed by atoms with Crippen LogP contribution in [0.3, 0.4) is 0 Å². The number of benzene rings is 1. The third-order valence-electron chi connectivity index (χ3n) is 3.47. The van der Waals surface area contributed by atoms with Crippen LogP contribution in [0.2, 0.25) is 5.02 Å². The van der Waals surface area contributed by atoms with Crippen LogP contribution in [0, 0.1) is 5.82 Å². The van der Waals surface area contributed by atoms with Gasteiger partial charge in [-0.15, -0.1) is 0 Å². The van der Waals surface area contributed by atoms with E-state index in [2.05, 4.69) is 5.32 Å². The normalized spacial score (nSPS) is 15.0. The predicted molar refractivity (Wildman–Crippen MR) is 76.5 cm³/mol. The number of carbonyl (C=O) groups is 2. The third kappa shape index (κ3) is 4.70. The van der Waals surface area contributed by atoms with Crippen molar-refractivity contribution in [3.63, 3.8) is 0 Å². The summed E-state index contributed by atoms with van der Waals surface area (Å²) in [5.41, 5.74) is 0.0837. The van der Waals surface area contributed by atoms with Crippen molar-refractivity contribution in [3.8, 4) is 0 Å². The van der Waals surface area contributed by atoms with Crippen LogP contribution in [0.1, 0.15) is 31.2 Å². The molecule has 1 aromatic rings. The SMILES string of the molecule is O=C(COC(=O)Cc1c(F)cccc1Cl)NC1CCCC1. The Morgan fingerprint density at radius 3 is 2.71 bits per heavy atom. The second-order valence-electron chi connectivity index (χ2n) is 5.09. The fourth-order valence-corrected chi connectivity index (χ4v) is 2.61. The van der Waals surface area contributed by atoms with Gasteiger partial charge < -0.3 is 10.1 Å². The number of nitrogens with one attached hydrogen (secondary N) is 1. The van der Waals surface area contributed by atoms with E-state index in [0.717, 1.165) is 25.7 Å². The molecule has 1 aliphatic rings. The Bertz CT molecular complexity index is 509. The Morgan fingerprint density at radius 2 is 2.05 bits per heavy atom. The molecule has 0 heterocycles. The predicted octanol–water partition coefficient (Wildman–Crippen LogP) is 2.62. The zero-order valence-corrected chi connectivity index (χ0v) is 12.3. The fourth-order valence-electron chi connectivity index (χ4n) is 2.38. The van der Waals surface area contributed by atoms with E-state index in [-0.39, 0.29) is 35.6 Å². The van der Waals surface area contributed by atoms with Crippen LogP contribution in [-0.4, -0.2) is 24.5 Å². The highest BCUT2D eigenvalue weighted by Crippen LogP contribution is 2.20. The molecule has 1 fully saturated rings. The molecule has 1 saturated carbocycles. The Morgan fingerprint density at radius 1 is 1.33 bits per heavy atom. The highest BCUT2D eigenvalue weighted by Gasteiger charge is 2.18. The van der Waals surface area contributed by atoms with E-state index in [1.54, 1.807) is 0 Å². The molecular formula is C15H17ClFNO3. The minimum Gasteiger partial charge on any atom is -0.455 e. The van der Waals surface area contributed by atoms with E-state index in [0.29, 0.717) is 0 Å². The van der Waals surface area contributed by atoms with Gasteiger partial charge in [0.1, 0.15) is 5.82 Å². The summed E-state index contributed by atoms with van der Waals surface area (Å²) in [6.07, 6.45) is 3.85. The summed E-state index contributed by atoms with van der Waals surface area (Å²) in [5.74, 6) is -1.56. The van der Waals surface area contributed by atoms with E-state index in [1.165, 1.54) is 18.2 Å². The largest absolute Gasteiger partial charge is 0.455 e. The number of hydrogen-bond acceptors (Lipinski definition) is 3. The molecule has 21 heavy (non-hydrogen) atoms. The number of carbonyl (C=O) groups excluding carboxylic acids is 2. The summed E-state index contributed by atoms with van der Waals surface area (Å²) in [4.78, 5) is 23.2. The Hall–Kier alpha value is -1.62. The molecule has 4 nitrogen and oxygen atoms in total. The highest BCUT2D eigenvalue weighted by atomic mass is 35.5. The molecule has 0 unspecified atom stereocenters. The maximum absolute atomic E-state index is 13.5. The Labute approximate surface area is 127 Å². The van der Waals surface area contributed by atoms with Crippen LogP contribution >= 0.6 is 11.6 Å². The molecule has 0 atom stereocenters. The molecule has 1 aromatic carbocycles. The lowest BCUT2D eigenvalue weighted by Gasteiger charge is -2.12. The molecule has 0 radical (unpaired) electrons. The first-order chi connectivity index (χ1) is 10.1. The average molecular weight is 314 g/mol. The van der Waals surface area contributed by atoms with Crippen molar-refractivity contribution in [1.29, 1.82) is 0 Å². The summed E-state index contributed by atoms with van der Waals surface area (Å²) >= 11 is 5.82. The molecule has 0 spiro atoms. The van der Waals surface area contributed by atoms with E-state index in [4.69, 9.17) is 16.3 Å². The topological polar surface area (TPSA) is 55.4 Å². The quantitative estimate of drug-likeness (QED) is 0.850. The molecule has 1 aliphatic carbocycles. The van der Waals surface area contributed by atoms with E-state index >= 15 is 0 Å². The van der Waals surface area contributed by atoms with E-state index < -0.39 is 11.8 Å². The lowest BCUT2D eigenvalue weighted by atomic mass is 10.1. The molecule has 0 aromatic heterocycles. The van der Waals surface area contributed by atoms with Crippen molar-refractivity contribution in [3.05, 3.63) is 34.6 Å². The van der Waals surface area contributed by atoms with Gasteiger partial charge in [-0.05, 0) is 25.0 Å². The van der Waals surface area contributed by atoms with Gasteiger partial charge in [0.05, 0.1) is 6.42 Å². The van der Waals surface area contributed by atoms with Gasteiger partial charge in [0.25, 0.3) is 5.91 Å². The smallest absolute Gasteiger partial charge is 0.310 e. The second kappa shape index (κ2) is 7.41. The maximum Gasteiger partial charge on any atom is 0.310 e. The maximum atomic E-state index is 13.5. The van der Waals surface area contributed by atoms with Gasteiger partial charge >= 0.3 is 5.97 Å². The first-order valence-electron chi connectivity index (χ1n) is 6.94. The number of rotatable bonds is 5. The van der Waals surface area contributed by atoms with Crippen LogP contribution in [0.25, 0.3) is 0 Å². The monoisotopic (exact) mass is 313 g/mol. The van der Waals surface area contributed by atoms with Gasteiger partial charge in [-0.2, -0.15) is 0 Å². The van der Waals surface area contributed by atoms with Crippen LogP contribution < -0.4 is 5.32 Å². The van der Waals surface area contributed by atoms with Crippen LogP contribution in [0.5, 0.6) is 0 Å². The van der Waals surface area contributed by atoms with Crippen molar-refractivity contribution >= 4 is 23.5 Å². The molecule has 0 aliphatic heterocycles. The summed E-state index contributed by atoms with van der Waals surface area (Å²) in [7, 11) is 0. The van der Waals surface area contributed by atoms with Crippen molar-refractivity contribution in [2.24, 2.45) is 0 Å². The highest BCUT2D eigenvalue weighted by molar-refractivity contribution is 6.31. The van der Waals surface area contributed by atoms with Gasteiger partial charge in [0.2, 0.25) is 0 Å². The standard InChI is InChI=1S/C15H17ClFNO3/c16-12-6-3-7-13(17)11(12)8-15(20)21-9-14(19)18-10-4-1-2-5-10/h3,6-7,10H,1-2,4-5,8-9H2,(H,18,19). The first-order valence-corrected chi connectivity index (χ1v) is 7.32. The van der Waals surface area contributed by atoms with Gasteiger partial charge in [-0.1, -0.05) is 30.5 Å². The first kappa shape index (κ1) is 15.8. The van der Waals surface area contributed by atoms with Crippen molar-refractivity contribution in [1.82, 2.24) is 5.32 Å². The molecule has 6 heteroatoms. The molecule has 0 bridgehead atoms. The lowest BCUT2D eigenvalue weighted by Crippen LogP contribution is -2.36. The van der Waals surface area contributed by atoms with E-state index in [1.807, 2.05) is 0 Å². The molecule has 2 rings (SSSR count). The molecular weight excluding hydrogens is 297 g/mol. The average Bonchev–Trinajstić information content (AvgIpc) is 2.94. The van der Waals surface area contributed by atoms with Crippen molar-refractivity contribution in [2.75, 3.05) is 6.61 Å². The van der Waals surface area contributed by atoms with Gasteiger partial charge in [0, 0.05) is 16.6 Å². The van der Waals surface area contributed by atoms with Crippen LogP contribution in [0.4, 0.5) is 4.39 Å². The lowest BCUT2D eigenvalue weighted by molar-refractivity contribution is -0.148. The fraction of sp³-hybridized carbons (Fsp3) is 0.467. The molecule has 1 amide bonds. The zero-order chi connectivity index (χ0) is 15.2. The van der Waals surface area contributed by atoms with Crippen LogP contribution in [-0.2, 0) is 20.7 Å². The number of ether oxygens (including phenoxy) is 1. The Kier molecular flexibility index (Phi) is 5.56. The minimum atomic E-state index is -0.677. The summed E-state index contributed by atoms with van der Waals surface area (Å²) < 4.78 is 18.4. The summed E-state index contributed by atoms with van der Waals surface area (Å²) in [6, 6.07) is 4.36. The number of halogens is 2. The van der Waals surface area contributed by atoms with Crippen molar-refractivity contribution in [2.45, 2.75) is 38.1 Å². The van der Waals surface area contributed by atoms with Crippen LogP contribution in [0.15, 0.2) is 18.2 Å². The van der Waals surface area contributed by atoms with Gasteiger partial charge in [-0.3, -0.25) is 9.59 Å². The Balaban J connectivity index is 1.78. The molecule has 114 valence electrons.